The van der Waals surface area contributed by atoms with Gasteiger partial charge in [0.2, 0.25) is 0 Å². The van der Waals surface area contributed by atoms with Gasteiger partial charge in [0.25, 0.3) is 0 Å². The highest BCUT2D eigenvalue weighted by Gasteiger charge is 2.33. The van der Waals surface area contributed by atoms with Crippen LogP contribution in [0.3, 0.4) is 0 Å². The fourth-order valence-corrected chi connectivity index (χ4v) is 2.93. The second-order valence-corrected chi connectivity index (χ2v) is 5.43. The molecule has 16 heavy (non-hydrogen) atoms. The molecule has 0 saturated heterocycles. The summed E-state index contributed by atoms with van der Waals surface area (Å²) >= 11 is 0. The van der Waals surface area contributed by atoms with Gasteiger partial charge in [-0.2, -0.15) is 5.26 Å². The molecule has 2 aliphatic rings. The standard InChI is InChI=1S/C14H23NO/c1-2-4-11-7-8-12(10-15)14(9-11)16-13-5-3-6-13/h11-14H,2-9H2,1H3. The summed E-state index contributed by atoms with van der Waals surface area (Å²) < 4.78 is 6.08. The minimum absolute atomic E-state index is 0.161. The van der Waals surface area contributed by atoms with E-state index in [0.717, 1.165) is 18.8 Å². The lowest BCUT2D eigenvalue weighted by Gasteiger charge is -2.37. The number of hydrogen-bond acceptors (Lipinski definition) is 2. The molecule has 0 heterocycles. The Bertz CT molecular complexity index is 254. The highest BCUT2D eigenvalue weighted by molar-refractivity contribution is 4.94. The van der Waals surface area contributed by atoms with Gasteiger partial charge in [0, 0.05) is 0 Å². The lowest BCUT2D eigenvalue weighted by atomic mass is 9.78. The molecular weight excluding hydrogens is 198 g/mol. The van der Waals surface area contributed by atoms with Crippen LogP contribution >= 0.6 is 0 Å². The Balaban J connectivity index is 1.86. The molecule has 0 radical (unpaired) electrons. The molecule has 2 heteroatoms. The molecule has 0 spiro atoms. The second-order valence-electron chi connectivity index (χ2n) is 5.43. The van der Waals surface area contributed by atoms with Gasteiger partial charge in [0.1, 0.15) is 0 Å². The first-order valence-electron chi connectivity index (χ1n) is 6.88. The SMILES string of the molecule is CCCC1CCC(C#N)C(OC2CCC2)C1. The number of hydrogen-bond donors (Lipinski definition) is 0. The topological polar surface area (TPSA) is 33.0 Å². The van der Waals surface area contributed by atoms with E-state index in [1.165, 1.54) is 38.5 Å². The highest BCUT2D eigenvalue weighted by Crippen LogP contribution is 2.36. The van der Waals surface area contributed by atoms with E-state index in [0.29, 0.717) is 6.10 Å². The molecule has 0 N–H and O–H groups in total. The Morgan fingerprint density at radius 2 is 2.06 bits per heavy atom. The average molecular weight is 221 g/mol. The largest absolute Gasteiger partial charge is 0.374 e. The van der Waals surface area contributed by atoms with Crippen molar-refractivity contribution in [1.29, 1.82) is 5.26 Å². The number of nitriles is 1. The van der Waals surface area contributed by atoms with E-state index in [2.05, 4.69) is 13.0 Å². The van der Waals surface area contributed by atoms with Crippen molar-refractivity contribution in [1.82, 2.24) is 0 Å². The van der Waals surface area contributed by atoms with Crippen LogP contribution in [0.5, 0.6) is 0 Å². The van der Waals surface area contributed by atoms with Gasteiger partial charge in [-0.1, -0.05) is 19.8 Å². The van der Waals surface area contributed by atoms with Gasteiger partial charge in [-0.05, 0) is 44.4 Å². The van der Waals surface area contributed by atoms with Gasteiger partial charge in [0.05, 0.1) is 24.2 Å². The van der Waals surface area contributed by atoms with E-state index in [-0.39, 0.29) is 12.0 Å². The lowest BCUT2D eigenvalue weighted by molar-refractivity contribution is -0.0878. The van der Waals surface area contributed by atoms with E-state index in [9.17, 15) is 0 Å². The Hall–Kier alpha value is -0.550. The Morgan fingerprint density at radius 3 is 2.62 bits per heavy atom. The minimum Gasteiger partial charge on any atom is -0.374 e. The first-order valence-corrected chi connectivity index (χ1v) is 6.88. The number of nitrogens with zero attached hydrogens (tertiary/aromatic N) is 1. The molecule has 2 saturated carbocycles. The van der Waals surface area contributed by atoms with Crippen molar-refractivity contribution in [3.63, 3.8) is 0 Å². The van der Waals surface area contributed by atoms with Crippen LogP contribution in [0, 0.1) is 23.2 Å². The Kier molecular flexibility index (Phi) is 4.23. The Labute approximate surface area is 99.0 Å². The van der Waals surface area contributed by atoms with Crippen molar-refractivity contribution in [3.05, 3.63) is 0 Å². The minimum atomic E-state index is 0.161. The van der Waals surface area contributed by atoms with Crippen molar-refractivity contribution in [3.8, 4) is 6.07 Å². The molecule has 0 aliphatic heterocycles. The third-order valence-corrected chi connectivity index (χ3v) is 4.18. The lowest BCUT2D eigenvalue weighted by Crippen LogP contribution is -2.36. The van der Waals surface area contributed by atoms with Gasteiger partial charge < -0.3 is 4.74 Å². The maximum Gasteiger partial charge on any atom is 0.0739 e. The van der Waals surface area contributed by atoms with Crippen molar-refractivity contribution < 1.29 is 4.74 Å². The van der Waals surface area contributed by atoms with E-state index in [1.807, 2.05) is 0 Å². The zero-order chi connectivity index (χ0) is 11.4. The first kappa shape index (κ1) is 11.9. The summed E-state index contributed by atoms with van der Waals surface area (Å²) in [6, 6.07) is 2.45. The molecule has 2 rings (SSSR count). The summed E-state index contributed by atoms with van der Waals surface area (Å²) in [6.45, 7) is 2.25. The summed E-state index contributed by atoms with van der Waals surface area (Å²) in [4.78, 5) is 0. The second kappa shape index (κ2) is 5.68. The van der Waals surface area contributed by atoms with Crippen LogP contribution in [0.4, 0.5) is 0 Å². The maximum absolute atomic E-state index is 9.15. The van der Waals surface area contributed by atoms with Gasteiger partial charge >= 0.3 is 0 Å². The molecule has 0 aromatic carbocycles. The molecular formula is C14H23NO. The van der Waals surface area contributed by atoms with Crippen molar-refractivity contribution in [2.75, 3.05) is 0 Å². The predicted molar refractivity (Wildman–Crippen MR) is 63.9 cm³/mol. The van der Waals surface area contributed by atoms with Crippen molar-refractivity contribution in [2.45, 2.75) is 70.5 Å². The van der Waals surface area contributed by atoms with Crippen LogP contribution in [0.15, 0.2) is 0 Å². The van der Waals surface area contributed by atoms with Crippen molar-refractivity contribution >= 4 is 0 Å². The fraction of sp³-hybridized carbons (Fsp3) is 0.929. The molecule has 3 atom stereocenters. The predicted octanol–water partition coefficient (Wildman–Crippen LogP) is 3.66. The van der Waals surface area contributed by atoms with Gasteiger partial charge in [-0.3, -0.25) is 0 Å². The van der Waals surface area contributed by atoms with Gasteiger partial charge in [-0.15, -0.1) is 0 Å². The highest BCUT2D eigenvalue weighted by atomic mass is 16.5. The average Bonchev–Trinajstić information content (AvgIpc) is 2.24. The Morgan fingerprint density at radius 1 is 1.25 bits per heavy atom. The molecule has 0 aromatic rings. The van der Waals surface area contributed by atoms with Crippen molar-refractivity contribution in [2.24, 2.45) is 11.8 Å². The fourth-order valence-electron chi connectivity index (χ4n) is 2.93. The summed E-state index contributed by atoms with van der Waals surface area (Å²) in [5.41, 5.74) is 0. The van der Waals surface area contributed by atoms with Crippen LogP contribution in [-0.2, 0) is 4.74 Å². The molecule has 0 aromatic heterocycles. The molecule has 0 bridgehead atoms. The number of rotatable bonds is 4. The van der Waals surface area contributed by atoms with E-state index in [4.69, 9.17) is 10.00 Å². The monoisotopic (exact) mass is 221 g/mol. The summed E-state index contributed by atoms with van der Waals surface area (Å²) in [5, 5.41) is 9.15. The zero-order valence-corrected chi connectivity index (χ0v) is 10.3. The third-order valence-electron chi connectivity index (χ3n) is 4.18. The molecule has 0 amide bonds. The van der Waals surface area contributed by atoms with E-state index < -0.39 is 0 Å². The van der Waals surface area contributed by atoms with Crippen LogP contribution < -0.4 is 0 Å². The van der Waals surface area contributed by atoms with E-state index in [1.54, 1.807) is 0 Å². The third kappa shape index (κ3) is 2.77. The molecule has 90 valence electrons. The van der Waals surface area contributed by atoms with Gasteiger partial charge in [-0.25, -0.2) is 0 Å². The maximum atomic E-state index is 9.15. The van der Waals surface area contributed by atoms with Gasteiger partial charge in [0.15, 0.2) is 0 Å². The van der Waals surface area contributed by atoms with Crippen LogP contribution in [-0.4, -0.2) is 12.2 Å². The van der Waals surface area contributed by atoms with Crippen LogP contribution in [0.1, 0.15) is 58.3 Å². The van der Waals surface area contributed by atoms with Crippen LogP contribution in [0.2, 0.25) is 0 Å². The summed E-state index contributed by atoms with van der Waals surface area (Å²) in [5.74, 6) is 0.966. The molecule has 2 nitrogen and oxygen atoms in total. The number of ether oxygens (including phenoxy) is 1. The van der Waals surface area contributed by atoms with Crippen LogP contribution in [0.25, 0.3) is 0 Å². The first-order chi connectivity index (χ1) is 7.83. The quantitative estimate of drug-likeness (QED) is 0.725. The van der Waals surface area contributed by atoms with E-state index >= 15 is 0 Å². The zero-order valence-electron chi connectivity index (χ0n) is 10.3. The summed E-state index contributed by atoms with van der Waals surface area (Å²) in [7, 11) is 0. The summed E-state index contributed by atoms with van der Waals surface area (Å²) in [6.07, 6.45) is 10.4. The molecule has 2 fully saturated rings. The normalized spacial score (nSPS) is 35.4. The molecule has 2 aliphatic carbocycles. The molecule has 3 unspecified atom stereocenters. The smallest absolute Gasteiger partial charge is 0.0739 e.